The molecule has 4 heterocycles. The van der Waals surface area contributed by atoms with Gasteiger partial charge in [-0.15, -0.1) is 0 Å². The van der Waals surface area contributed by atoms with E-state index in [1.54, 1.807) is 30.5 Å². The van der Waals surface area contributed by atoms with E-state index in [1.807, 2.05) is 18.2 Å². The summed E-state index contributed by atoms with van der Waals surface area (Å²) in [6.07, 6.45) is 7.85. The summed E-state index contributed by atoms with van der Waals surface area (Å²) >= 11 is 0. The van der Waals surface area contributed by atoms with Crippen LogP contribution in [0, 0.1) is 0 Å². The Kier molecular flexibility index (Phi) is 2.13. The van der Waals surface area contributed by atoms with Gasteiger partial charge in [-0.2, -0.15) is 0 Å². The van der Waals surface area contributed by atoms with E-state index < -0.39 is 6.97 Å². The second-order valence-electron chi connectivity index (χ2n) is 4.78. The van der Waals surface area contributed by atoms with Crippen LogP contribution in [0.15, 0.2) is 60.6 Å². The van der Waals surface area contributed by atoms with Crippen molar-refractivity contribution in [3.63, 3.8) is 0 Å². The predicted molar refractivity (Wildman–Crippen MR) is 73.5 cm³/mol. The normalized spacial score (nSPS) is 18.8. The number of allylic oxidation sites excluding steroid dienone is 2. The van der Waals surface area contributed by atoms with Crippen molar-refractivity contribution in [1.29, 1.82) is 0 Å². The van der Waals surface area contributed by atoms with E-state index in [1.165, 1.54) is 12.4 Å². The summed E-state index contributed by atoms with van der Waals surface area (Å²) in [5.41, 5.74) is 2.42. The summed E-state index contributed by atoms with van der Waals surface area (Å²) in [5.74, 6) is 0. The molecule has 0 radical (unpaired) electrons. The van der Waals surface area contributed by atoms with Crippen LogP contribution in [0.5, 0.6) is 0 Å². The first-order valence-corrected chi connectivity index (χ1v) is 6.35. The van der Waals surface area contributed by atoms with Gasteiger partial charge in [0.1, 0.15) is 6.21 Å². The molecule has 0 saturated heterocycles. The number of nitrogens with zero attached hydrogens (tertiary/aromatic N) is 3. The van der Waals surface area contributed by atoms with Gasteiger partial charge in [0.2, 0.25) is 0 Å². The zero-order valence-electron chi connectivity index (χ0n) is 10.4. The zero-order valence-corrected chi connectivity index (χ0v) is 10.4. The van der Waals surface area contributed by atoms with Crippen LogP contribution in [0.1, 0.15) is 11.4 Å². The maximum atomic E-state index is 14.5. The Bertz CT molecular complexity index is 788. The molecular formula is C14H10BF2N3. The van der Waals surface area contributed by atoms with E-state index in [4.69, 9.17) is 0 Å². The minimum Gasteiger partial charge on any atom is -0.396 e. The van der Waals surface area contributed by atoms with Crippen molar-refractivity contribution in [2.75, 3.05) is 0 Å². The summed E-state index contributed by atoms with van der Waals surface area (Å²) in [4.78, 5) is 4.31. The molecule has 0 N–H and O–H groups in total. The van der Waals surface area contributed by atoms with E-state index in [9.17, 15) is 8.63 Å². The van der Waals surface area contributed by atoms with Crippen LogP contribution in [-0.4, -0.2) is 27.1 Å². The Morgan fingerprint density at radius 2 is 2.05 bits per heavy atom. The minimum atomic E-state index is -3.83. The molecule has 0 aliphatic carbocycles. The van der Waals surface area contributed by atoms with Crippen molar-refractivity contribution in [3.05, 3.63) is 72.0 Å². The Balaban J connectivity index is 2.07. The van der Waals surface area contributed by atoms with E-state index in [0.29, 0.717) is 17.1 Å². The molecule has 0 aromatic carbocycles. The third-order valence-corrected chi connectivity index (χ3v) is 3.66. The second kappa shape index (κ2) is 3.76. The number of hydrogen-bond acceptors (Lipinski definition) is 1. The van der Waals surface area contributed by atoms with Gasteiger partial charge in [0, 0.05) is 24.0 Å². The number of halogens is 2. The minimum absolute atomic E-state index is 0.500. The van der Waals surface area contributed by atoms with Crippen molar-refractivity contribution in [2.45, 2.75) is 0 Å². The van der Waals surface area contributed by atoms with E-state index in [0.717, 1.165) is 14.5 Å². The molecule has 6 heteroatoms. The maximum Gasteiger partial charge on any atom is 0.737 e. The smallest absolute Gasteiger partial charge is 0.396 e. The molecule has 0 fully saturated rings. The summed E-state index contributed by atoms with van der Waals surface area (Å²) in [5, 5.41) is 0. The van der Waals surface area contributed by atoms with Gasteiger partial charge < -0.3 is 17.6 Å². The highest BCUT2D eigenvalue weighted by molar-refractivity contribution is 6.57. The van der Waals surface area contributed by atoms with Gasteiger partial charge in [0.05, 0.1) is 11.3 Å². The maximum absolute atomic E-state index is 14.5. The van der Waals surface area contributed by atoms with Crippen LogP contribution in [0.3, 0.4) is 0 Å². The van der Waals surface area contributed by atoms with Crippen LogP contribution in [-0.2, 0) is 0 Å². The van der Waals surface area contributed by atoms with E-state index >= 15 is 0 Å². The summed E-state index contributed by atoms with van der Waals surface area (Å²) in [6.45, 7) is -3.83. The Morgan fingerprint density at radius 3 is 2.85 bits per heavy atom. The number of aromatic nitrogens is 2. The average Bonchev–Trinajstić information content (AvgIpc) is 3.09. The summed E-state index contributed by atoms with van der Waals surface area (Å²) < 4.78 is 31.1. The van der Waals surface area contributed by atoms with Gasteiger partial charge in [0.25, 0.3) is 0 Å². The SMILES string of the molecule is F[B-]1(F)n2cccc2C(c2ccccn2)=C2C=CC=[N+]21. The lowest BCUT2D eigenvalue weighted by atomic mass is 9.88. The fourth-order valence-corrected chi connectivity index (χ4v) is 2.79. The third-order valence-electron chi connectivity index (χ3n) is 3.66. The molecule has 0 amide bonds. The molecule has 2 aromatic rings. The van der Waals surface area contributed by atoms with Crippen molar-refractivity contribution in [3.8, 4) is 0 Å². The van der Waals surface area contributed by atoms with Gasteiger partial charge >= 0.3 is 6.97 Å². The van der Waals surface area contributed by atoms with Gasteiger partial charge in [-0.3, -0.25) is 4.98 Å². The van der Waals surface area contributed by atoms with Crippen LogP contribution >= 0.6 is 0 Å². The quantitative estimate of drug-likeness (QED) is 0.729. The molecule has 0 saturated carbocycles. The zero-order chi connectivity index (χ0) is 13.7. The fraction of sp³-hybridized carbons (Fsp3) is 0. The van der Waals surface area contributed by atoms with Crippen LogP contribution in [0.25, 0.3) is 5.57 Å². The van der Waals surface area contributed by atoms with Crippen molar-refractivity contribution in [2.24, 2.45) is 0 Å². The molecule has 0 unspecified atom stereocenters. The predicted octanol–water partition coefficient (Wildman–Crippen LogP) is 2.53. The highest BCUT2D eigenvalue weighted by atomic mass is 19.2. The lowest BCUT2D eigenvalue weighted by molar-refractivity contribution is -0.356. The monoisotopic (exact) mass is 269 g/mol. The van der Waals surface area contributed by atoms with Crippen molar-refractivity contribution < 1.29 is 13.1 Å². The van der Waals surface area contributed by atoms with Crippen LogP contribution in [0.4, 0.5) is 8.63 Å². The molecule has 0 bridgehead atoms. The molecule has 0 spiro atoms. The molecule has 0 atom stereocenters. The Labute approximate surface area is 114 Å². The van der Waals surface area contributed by atoms with Gasteiger partial charge in [-0.05, 0) is 30.5 Å². The van der Waals surface area contributed by atoms with Crippen molar-refractivity contribution in [1.82, 2.24) is 9.46 Å². The molecule has 4 rings (SSSR count). The van der Waals surface area contributed by atoms with E-state index in [2.05, 4.69) is 4.98 Å². The van der Waals surface area contributed by atoms with Crippen molar-refractivity contribution >= 4 is 18.8 Å². The number of fused-ring (bicyclic) bond motifs is 2. The standard InChI is InChI=1S/C14H10BF2N3/c16-15(17)19-9-3-6-12(19)14(11-5-1-2-8-18-11)13-7-4-10-20(13)15/h1-10H. The molecule has 20 heavy (non-hydrogen) atoms. The molecule has 2 aliphatic rings. The number of hydrogen-bond donors (Lipinski definition) is 0. The number of rotatable bonds is 1. The molecule has 98 valence electrons. The lowest BCUT2D eigenvalue weighted by Gasteiger charge is -2.30. The molecule has 3 nitrogen and oxygen atoms in total. The first-order chi connectivity index (χ1) is 9.69. The van der Waals surface area contributed by atoms with E-state index in [-0.39, 0.29) is 0 Å². The van der Waals surface area contributed by atoms with Gasteiger partial charge in [0.15, 0.2) is 5.70 Å². The summed E-state index contributed by atoms with van der Waals surface area (Å²) in [6, 6.07) is 8.84. The largest absolute Gasteiger partial charge is 0.737 e. The van der Waals surface area contributed by atoms with Crippen LogP contribution in [0.2, 0.25) is 0 Å². The molecule has 2 aliphatic heterocycles. The van der Waals surface area contributed by atoms with Gasteiger partial charge in [-0.1, -0.05) is 6.07 Å². The first kappa shape index (κ1) is 11.3. The summed E-state index contributed by atoms with van der Waals surface area (Å²) in [7, 11) is 0. The second-order valence-corrected chi connectivity index (χ2v) is 4.78. The third kappa shape index (κ3) is 1.33. The topological polar surface area (TPSA) is 20.8 Å². The molecular weight excluding hydrogens is 259 g/mol. The number of pyridine rings is 1. The fourth-order valence-electron chi connectivity index (χ4n) is 2.79. The highest BCUT2D eigenvalue weighted by Gasteiger charge is 2.51. The Hall–Kier alpha value is -2.50. The highest BCUT2D eigenvalue weighted by Crippen LogP contribution is 2.37. The first-order valence-electron chi connectivity index (χ1n) is 6.35. The molecule has 2 aromatic heterocycles. The lowest BCUT2D eigenvalue weighted by Crippen LogP contribution is -2.49. The Morgan fingerprint density at radius 1 is 1.15 bits per heavy atom. The van der Waals surface area contributed by atoms with Gasteiger partial charge in [-0.25, -0.2) is 0 Å². The van der Waals surface area contributed by atoms with Crippen LogP contribution < -0.4 is 0 Å². The average molecular weight is 269 g/mol.